The molecule has 0 fully saturated rings. The van der Waals surface area contributed by atoms with Gasteiger partial charge in [0.1, 0.15) is 6.04 Å². The number of ether oxygens (including phenoxy) is 1. The molecule has 0 rings (SSSR count). The Bertz CT molecular complexity index is 357. The molecule has 0 radical (unpaired) electrons. The molecule has 0 aromatic rings. The number of carboxylic acid groups (broad SMARTS) is 1. The molecular weight excluding hydrogens is 276 g/mol. The summed E-state index contributed by atoms with van der Waals surface area (Å²) in [5.74, 6) is -1.58. The molecule has 7 heteroatoms. The number of nitrogens with one attached hydrogen (secondary N) is 1. The number of rotatable bonds is 10. The van der Waals surface area contributed by atoms with Gasteiger partial charge in [0.2, 0.25) is 5.91 Å². The van der Waals surface area contributed by atoms with Crippen LogP contribution in [0.5, 0.6) is 0 Å². The number of carbonyl (C=O) groups is 3. The summed E-state index contributed by atoms with van der Waals surface area (Å²) in [7, 11) is 1.23. The number of carboxylic acids is 1. The first-order chi connectivity index (χ1) is 9.79. The van der Waals surface area contributed by atoms with Crippen LogP contribution in [-0.2, 0) is 19.1 Å². The second kappa shape index (κ2) is 10.1. The minimum absolute atomic E-state index is 0.00518. The molecule has 0 bridgehead atoms. The zero-order chi connectivity index (χ0) is 16.4. The van der Waals surface area contributed by atoms with Crippen LogP contribution in [0.25, 0.3) is 0 Å². The smallest absolute Gasteiger partial charge is 0.326 e. The fourth-order valence-electron chi connectivity index (χ4n) is 2.07. The summed E-state index contributed by atoms with van der Waals surface area (Å²) < 4.78 is 4.45. The number of aliphatic carboxylic acids is 1. The van der Waals surface area contributed by atoms with Gasteiger partial charge in [-0.3, -0.25) is 9.59 Å². The van der Waals surface area contributed by atoms with Crippen molar-refractivity contribution in [1.29, 1.82) is 0 Å². The van der Waals surface area contributed by atoms with Crippen molar-refractivity contribution < 1.29 is 24.2 Å². The number of methoxy groups -OCH3 is 1. The van der Waals surface area contributed by atoms with Gasteiger partial charge in [-0.15, -0.1) is 0 Å². The summed E-state index contributed by atoms with van der Waals surface area (Å²) in [6.07, 6.45) is 0.950. The Morgan fingerprint density at radius 2 is 1.90 bits per heavy atom. The average Bonchev–Trinajstić information content (AvgIpc) is 2.41. The maximum atomic E-state index is 11.9. The number of nitrogens with two attached hydrogens (primary N) is 1. The first kappa shape index (κ1) is 19.4. The number of esters is 1. The zero-order valence-electron chi connectivity index (χ0n) is 12.9. The summed E-state index contributed by atoms with van der Waals surface area (Å²) in [5, 5.41) is 11.5. The topological polar surface area (TPSA) is 119 Å². The Morgan fingerprint density at radius 1 is 1.29 bits per heavy atom. The van der Waals surface area contributed by atoms with E-state index in [-0.39, 0.29) is 31.1 Å². The summed E-state index contributed by atoms with van der Waals surface area (Å²) in [5.41, 5.74) is 5.62. The third-order valence-electron chi connectivity index (χ3n) is 3.11. The van der Waals surface area contributed by atoms with Gasteiger partial charge in [0.05, 0.1) is 7.11 Å². The van der Waals surface area contributed by atoms with Gasteiger partial charge in [-0.05, 0) is 31.2 Å². The monoisotopic (exact) mass is 302 g/mol. The van der Waals surface area contributed by atoms with Crippen molar-refractivity contribution >= 4 is 17.8 Å². The molecule has 2 atom stereocenters. The normalized spacial score (nSPS) is 13.6. The third kappa shape index (κ3) is 9.01. The van der Waals surface area contributed by atoms with Crippen molar-refractivity contribution in [3.05, 3.63) is 0 Å². The third-order valence-corrected chi connectivity index (χ3v) is 3.11. The molecule has 21 heavy (non-hydrogen) atoms. The molecule has 1 amide bonds. The molecule has 7 nitrogen and oxygen atoms in total. The van der Waals surface area contributed by atoms with Crippen LogP contribution in [0.2, 0.25) is 0 Å². The molecule has 0 saturated carbocycles. The van der Waals surface area contributed by atoms with Crippen LogP contribution >= 0.6 is 0 Å². The van der Waals surface area contributed by atoms with Crippen molar-refractivity contribution in [2.75, 3.05) is 13.7 Å². The average molecular weight is 302 g/mol. The van der Waals surface area contributed by atoms with Gasteiger partial charge in [-0.25, -0.2) is 4.79 Å². The van der Waals surface area contributed by atoms with E-state index in [0.29, 0.717) is 12.5 Å². The van der Waals surface area contributed by atoms with E-state index < -0.39 is 18.0 Å². The highest BCUT2D eigenvalue weighted by Crippen LogP contribution is 2.14. The van der Waals surface area contributed by atoms with E-state index in [9.17, 15) is 14.4 Å². The van der Waals surface area contributed by atoms with Gasteiger partial charge in [0, 0.05) is 12.8 Å². The first-order valence-electron chi connectivity index (χ1n) is 7.09. The van der Waals surface area contributed by atoms with Crippen LogP contribution in [0.1, 0.15) is 39.5 Å². The summed E-state index contributed by atoms with van der Waals surface area (Å²) >= 11 is 0. The SMILES string of the molecule is COC(=O)CC[C@@H](NC(=O)C[C@@H](CN)CC(C)C)C(=O)O. The summed E-state index contributed by atoms with van der Waals surface area (Å²) in [6.45, 7) is 4.46. The van der Waals surface area contributed by atoms with E-state index in [1.54, 1.807) is 0 Å². The van der Waals surface area contributed by atoms with Gasteiger partial charge < -0.3 is 20.9 Å². The van der Waals surface area contributed by atoms with E-state index >= 15 is 0 Å². The maximum Gasteiger partial charge on any atom is 0.326 e. The first-order valence-corrected chi connectivity index (χ1v) is 7.09. The molecule has 0 aliphatic rings. The lowest BCUT2D eigenvalue weighted by atomic mass is 9.94. The van der Waals surface area contributed by atoms with Crippen molar-refractivity contribution in [1.82, 2.24) is 5.32 Å². The number of hydrogen-bond acceptors (Lipinski definition) is 5. The zero-order valence-corrected chi connectivity index (χ0v) is 12.9. The van der Waals surface area contributed by atoms with Crippen molar-refractivity contribution in [2.24, 2.45) is 17.6 Å². The van der Waals surface area contributed by atoms with E-state index in [1.807, 2.05) is 13.8 Å². The second-order valence-electron chi connectivity index (χ2n) is 5.51. The second-order valence-corrected chi connectivity index (χ2v) is 5.51. The van der Waals surface area contributed by atoms with Crippen LogP contribution in [0, 0.1) is 11.8 Å². The van der Waals surface area contributed by atoms with Gasteiger partial charge in [0.15, 0.2) is 0 Å². The molecule has 122 valence electrons. The largest absolute Gasteiger partial charge is 0.480 e. The highest BCUT2D eigenvalue weighted by Gasteiger charge is 2.22. The number of carbonyl (C=O) groups excluding carboxylic acids is 2. The van der Waals surface area contributed by atoms with Gasteiger partial charge in [-0.2, -0.15) is 0 Å². The highest BCUT2D eigenvalue weighted by molar-refractivity contribution is 5.84. The van der Waals surface area contributed by atoms with Crippen LogP contribution < -0.4 is 11.1 Å². The molecule has 0 aliphatic heterocycles. The standard InChI is InChI=1S/C14H26N2O5/c1-9(2)6-10(8-15)7-12(17)16-11(14(19)20)4-5-13(18)21-3/h9-11H,4-8,15H2,1-3H3,(H,16,17)(H,19,20)/t10-,11+/m0/s1. The summed E-state index contributed by atoms with van der Waals surface area (Å²) in [4.78, 5) is 34.0. The Kier molecular flexibility index (Phi) is 9.36. The van der Waals surface area contributed by atoms with E-state index in [2.05, 4.69) is 10.1 Å². The Morgan fingerprint density at radius 3 is 2.33 bits per heavy atom. The lowest BCUT2D eigenvalue weighted by molar-refractivity contribution is -0.144. The van der Waals surface area contributed by atoms with Crippen molar-refractivity contribution in [2.45, 2.75) is 45.6 Å². The van der Waals surface area contributed by atoms with Crippen molar-refractivity contribution in [3.8, 4) is 0 Å². The van der Waals surface area contributed by atoms with Gasteiger partial charge in [-0.1, -0.05) is 13.8 Å². The fraction of sp³-hybridized carbons (Fsp3) is 0.786. The van der Waals surface area contributed by atoms with E-state index in [4.69, 9.17) is 10.8 Å². The van der Waals surface area contributed by atoms with Crippen LogP contribution in [0.3, 0.4) is 0 Å². The Hall–Kier alpha value is -1.63. The Balaban J connectivity index is 4.39. The summed E-state index contributed by atoms with van der Waals surface area (Å²) in [6, 6.07) is -1.09. The predicted molar refractivity (Wildman–Crippen MR) is 77.4 cm³/mol. The molecule has 0 unspecified atom stereocenters. The Labute approximate surface area is 125 Å². The highest BCUT2D eigenvalue weighted by atomic mass is 16.5. The molecule has 0 aliphatic carbocycles. The van der Waals surface area contributed by atoms with Gasteiger partial charge in [0.25, 0.3) is 0 Å². The van der Waals surface area contributed by atoms with E-state index in [1.165, 1.54) is 7.11 Å². The quantitative estimate of drug-likeness (QED) is 0.506. The minimum Gasteiger partial charge on any atom is -0.480 e. The van der Waals surface area contributed by atoms with Gasteiger partial charge >= 0.3 is 11.9 Å². The number of amides is 1. The van der Waals surface area contributed by atoms with E-state index in [0.717, 1.165) is 6.42 Å². The molecule has 0 aromatic heterocycles. The van der Waals surface area contributed by atoms with Crippen molar-refractivity contribution in [3.63, 3.8) is 0 Å². The molecule has 0 saturated heterocycles. The molecular formula is C14H26N2O5. The molecule has 0 spiro atoms. The van der Waals surface area contributed by atoms with Crippen LogP contribution in [0.15, 0.2) is 0 Å². The molecule has 4 N–H and O–H groups in total. The number of hydrogen-bond donors (Lipinski definition) is 3. The molecule has 0 aromatic carbocycles. The van der Waals surface area contributed by atoms with Crippen LogP contribution in [-0.4, -0.2) is 42.6 Å². The fourth-order valence-corrected chi connectivity index (χ4v) is 2.07. The lowest BCUT2D eigenvalue weighted by Gasteiger charge is -2.19. The minimum atomic E-state index is -1.17. The molecule has 0 heterocycles. The maximum absolute atomic E-state index is 11.9. The predicted octanol–water partition coefficient (Wildman–Crippen LogP) is 0.520. The van der Waals surface area contributed by atoms with Crippen LogP contribution in [0.4, 0.5) is 0 Å². The lowest BCUT2D eigenvalue weighted by Crippen LogP contribution is -2.42.